The van der Waals surface area contributed by atoms with E-state index in [1.807, 2.05) is 0 Å². The molecule has 1 aromatic heterocycles. The van der Waals surface area contributed by atoms with Crippen LogP contribution in [0.15, 0.2) is 0 Å². The maximum atomic E-state index is 11.7. The van der Waals surface area contributed by atoms with Crippen LogP contribution in [0.25, 0.3) is 0 Å². The SMILES string of the molecule is CNC(=O)c1sc(NCC2CCCO2)c(C(N)=O)c1N. The molecule has 1 aliphatic heterocycles. The van der Waals surface area contributed by atoms with Crippen LogP contribution in [0.4, 0.5) is 10.7 Å². The van der Waals surface area contributed by atoms with Crippen LogP contribution in [0.1, 0.15) is 32.9 Å². The smallest absolute Gasteiger partial charge is 0.263 e. The van der Waals surface area contributed by atoms with Crippen LogP contribution < -0.4 is 22.1 Å². The zero-order chi connectivity index (χ0) is 14.7. The summed E-state index contributed by atoms with van der Waals surface area (Å²) in [6, 6.07) is 0. The molecule has 2 rings (SSSR count). The lowest BCUT2D eigenvalue weighted by molar-refractivity contribution is 0.0967. The molecular formula is C12H18N4O3S. The highest BCUT2D eigenvalue weighted by Gasteiger charge is 2.24. The van der Waals surface area contributed by atoms with E-state index >= 15 is 0 Å². The van der Waals surface area contributed by atoms with Crippen LogP contribution in [0.3, 0.4) is 0 Å². The van der Waals surface area contributed by atoms with E-state index in [2.05, 4.69) is 10.6 Å². The molecule has 1 aliphatic rings. The van der Waals surface area contributed by atoms with Gasteiger partial charge < -0.3 is 26.8 Å². The van der Waals surface area contributed by atoms with Gasteiger partial charge in [0.15, 0.2) is 0 Å². The Morgan fingerprint density at radius 2 is 2.25 bits per heavy atom. The minimum Gasteiger partial charge on any atom is -0.397 e. The first-order valence-corrected chi connectivity index (χ1v) is 7.15. The fourth-order valence-electron chi connectivity index (χ4n) is 2.11. The van der Waals surface area contributed by atoms with Crippen molar-refractivity contribution in [1.29, 1.82) is 0 Å². The molecule has 0 radical (unpaired) electrons. The first-order valence-electron chi connectivity index (χ1n) is 6.34. The average molecular weight is 298 g/mol. The van der Waals surface area contributed by atoms with E-state index in [9.17, 15) is 9.59 Å². The number of carbonyl (C=O) groups excluding carboxylic acids is 2. The third-order valence-electron chi connectivity index (χ3n) is 3.14. The van der Waals surface area contributed by atoms with Crippen molar-refractivity contribution in [2.24, 2.45) is 5.73 Å². The summed E-state index contributed by atoms with van der Waals surface area (Å²) in [5.74, 6) is -0.982. The average Bonchev–Trinajstić information content (AvgIpc) is 3.02. The molecule has 8 heteroatoms. The van der Waals surface area contributed by atoms with Crippen molar-refractivity contribution >= 4 is 33.8 Å². The number of nitrogen functional groups attached to an aromatic ring is 1. The van der Waals surface area contributed by atoms with Crippen molar-refractivity contribution < 1.29 is 14.3 Å². The number of carbonyl (C=O) groups is 2. The molecule has 1 atom stereocenters. The van der Waals surface area contributed by atoms with Crippen molar-refractivity contribution in [2.45, 2.75) is 18.9 Å². The Labute approximate surface area is 120 Å². The molecule has 20 heavy (non-hydrogen) atoms. The summed E-state index contributed by atoms with van der Waals surface area (Å²) in [6.07, 6.45) is 2.12. The van der Waals surface area contributed by atoms with Gasteiger partial charge in [-0.3, -0.25) is 9.59 Å². The number of nitrogens with one attached hydrogen (secondary N) is 2. The quantitative estimate of drug-likeness (QED) is 0.626. The van der Waals surface area contributed by atoms with Gasteiger partial charge in [-0.25, -0.2) is 0 Å². The molecule has 1 fully saturated rings. The lowest BCUT2D eigenvalue weighted by Gasteiger charge is -2.11. The molecule has 0 aliphatic carbocycles. The number of rotatable bonds is 5. The lowest BCUT2D eigenvalue weighted by atomic mass is 10.2. The van der Waals surface area contributed by atoms with Gasteiger partial charge in [-0.2, -0.15) is 0 Å². The van der Waals surface area contributed by atoms with E-state index in [0.29, 0.717) is 11.5 Å². The van der Waals surface area contributed by atoms with Gasteiger partial charge in [-0.15, -0.1) is 11.3 Å². The summed E-state index contributed by atoms with van der Waals surface area (Å²) in [6.45, 7) is 1.32. The Morgan fingerprint density at radius 3 is 2.80 bits per heavy atom. The van der Waals surface area contributed by atoms with Crippen molar-refractivity contribution in [3.8, 4) is 0 Å². The van der Waals surface area contributed by atoms with Crippen LogP contribution in [-0.2, 0) is 4.74 Å². The first kappa shape index (κ1) is 14.6. The van der Waals surface area contributed by atoms with E-state index in [1.54, 1.807) is 0 Å². The molecule has 2 amide bonds. The van der Waals surface area contributed by atoms with Gasteiger partial charge in [0.05, 0.1) is 17.4 Å². The van der Waals surface area contributed by atoms with Gasteiger partial charge in [0.25, 0.3) is 11.8 Å². The Hall–Kier alpha value is -1.80. The molecule has 1 unspecified atom stereocenters. The molecule has 0 aromatic carbocycles. The standard InChI is InChI=1S/C12H18N4O3S/c1-15-11(18)9-8(13)7(10(14)17)12(20-9)16-5-6-3-2-4-19-6/h6,16H,2-5,13H2,1H3,(H2,14,17)(H,15,18). The molecular weight excluding hydrogens is 280 g/mol. The van der Waals surface area contributed by atoms with Gasteiger partial charge in [0, 0.05) is 20.2 Å². The van der Waals surface area contributed by atoms with Gasteiger partial charge in [-0.1, -0.05) is 0 Å². The molecule has 110 valence electrons. The van der Waals surface area contributed by atoms with Crippen molar-refractivity contribution in [2.75, 3.05) is 31.2 Å². The van der Waals surface area contributed by atoms with Crippen molar-refractivity contribution in [1.82, 2.24) is 5.32 Å². The van der Waals surface area contributed by atoms with E-state index in [0.717, 1.165) is 30.8 Å². The molecule has 1 aromatic rings. The molecule has 7 nitrogen and oxygen atoms in total. The van der Waals surface area contributed by atoms with Gasteiger partial charge in [0.2, 0.25) is 0 Å². The highest BCUT2D eigenvalue weighted by Crippen LogP contribution is 2.35. The first-order chi connectivity index (χ1) is 9.54. The molecule has 0 spiro atoms. The second kappa shape index (κ2) is 6.10. The molecule has 0 saturated carbocycles. The van der Waals surface area contributed by atoms with Crippen LogP contribution in [0.5, 0.6) is 0 Å². The predicted molar refractivity (Wildman–Crippen MR) is 78.1 cm³/mol. The second-order valence-corrected chi connectivity index (χ2v) is 5.53. The number of anilines is 2. The summed E-state index contributed by atoms with van der Waals surface area (Å²) >= 11 is 1.13. The van der Waals surface area contributed by atoms with E-state index in [4.69, 9.17) is 16.2 Å². The highest BCUT2D eigenvalue weighted by atomic mass is 32.1. The van der Waals surface area contributed by atoms with Crippen LogP contribution >= 0.6 is 11.3 Å². The zero-order valence-electron chi connectivity index (χ0n) is 11.2. The van der Waals surface area contributed by atoms with Crippen LogP contribution in [0, 0.1) is 0 Å². The number of nitrogens with two attached hydrogens (primary N) is 2. The fourth-order valence-corrected chi connectivity index (χ4v) is 3.19. The monoisotopic (exact) mass is 298 g/mol. The predicted octanol–water partition coefficient (Wildman–Crippen LogP) is 0.380. The van der Waals surface area contributed by atoms with Gasteiger partial charge in [-0.05, 0) is 12.8 Å². The van der Waals surface area contributed by atoms with Gasteiger partial charge in [0.1, 0.15) is 9.88 Å². The number of thiophene rings is 1. The molecule has 1 saturated heterocycles. The van der Waals surface area contributed by atoms with Gasteiger partial charge >= 0.3 is 0 Å². The Balaban J connectivity index is 2.21. The van der Waals surface area contributed by atoms with Crippen molar-refractivity contribution in [3.63, 3.8) is 0 Å². The second-order valence-electron chi connectivity index (χ2n) is 4.51. The molecule has 6 N–H and O–H groups in total. The Kier molecular flexibility index (Phi) is 4.46. The van der Waals surface area contributed by atoms with Crippen LogP contribution in [-0.4, -0.2) is 38.1 Å². The van der Waals surface area contributed by atoms with Crippen LogP contribution in [0.2, 0.25) is 0 Å². The third kappa shape index (κ3) is 2.86. The van der Waals surface area contributed by atoms with E-state index in [-0.39, 0.29) is 28.1 Å². The minimum absolute atomic E-state index is 0.113. The Bertz CT molecular complexity index is 523. The number of amides is 2. The fraction of sp³-hybridized carbons (Fsp3) is 0.500. The summed E-state index contributed by atoms with van der Waals surface area (Å²) < 4.78 is 5.50. The maximum Gasteiger partial charge on any atom is 0.263 e. The minimum atomic E-state index is -0.649. The Morgan fingerprint density at radius 1 is 1.50 bits per heavy atom. The summed E-state index contributed by atoms with van der Waals surface area (Å²) in [5.41, 5.74) is 11.5. The largest absolute Gasteiger partial charge is 0.397 e. The summed E-state index contributed by atoms with van der Waals surface area (Å²) in [7, 11) is 1.50. The molecule has 2 heterocycles. The number of hydrogen-bond acceptors (Lipinski definition) is 6. The number of hydrogen-bond donors (Lipinski definition) is 4. The summed E-state index contributed by atoms with van der Waals surface area (Å²) in [5, 5.41) is 6.11. The number of primary amides is 1. The van der Waals surface area contributed by atoms with Crippen molar-refractivity contribution in [3.05, 3.63) is 10.4 Å². The molecule has 0 bridgehead atoms. The maximum absolute atomic E-state index is 11.7. The zero-order valence-corrected chi connectivity index (χ0v) is 12.0. The normalized spacial score (nSPS) is 17.9. The topological polar surface area (TPSA) is 119 Å². The lowest BCUT2D eigenvalue weighted by Crippen LogP contribution is -2.21. The third-order valence-corrected chi connectivity index (χ3v) is 4.30. The number of ether oxygens (including phenoxy) is 1. The van der Waals surface area contributed by atoms with E-state index < -0.39 is 5.91 Å². The van der Waals surface area contributed by atoms with E-state index in [1.165, 1.54) is 7.05 Å². The highest BCUT2D eigenvalue weighted by molar-refractivity contribution is 7.19. The summed E-state index contributed by atoms with van der Waals surface area (Å²) in [4.78, 5) is 23.5.